The minimum absolute atomic E-state index is 0.113. The summed E-state index contributed by atoms with van der Waals surface area (Å²) >= 11 is 0. The molecule has 0 N–H and O–H groups in total. The number of carbonyl (C=O) groups excluding carboxylic acids is 1. The predicted octanol–water partition coefficient (Wildman–Crippen LogP) is 3.09. The Labute approximate surface area is 181 Å². The van der Waals surface area contributed by atoms with E-state index in [1.807, 2.05) is 27.7 Å². The summed E-state index contributed by atoms with van der Waals surface area (Å²) in [5.41, 5.74) is -0.113. The van der Waals surface area contributed by atoms with Crippen molar-refractivity contribution >= 4 is 26.0 Å². The van der Waals surface area contributed by atoms with Crippen LogP contribution in [0.1, 0.15) is 63.7 Å². The zero-order valence-corrected chi connectivity index (χ0v) is 20.2. The molecule has 0 unspecified atom stereocenters. The highest BCUT2D eigenvalue weighted by molar-refractivity contribution is 7.90. The van der Waals surface area contributed by atoms with E-state index in [-0.39, 0.29) is 15.4 Å². The summed E-state index contributed by atoms with van der Waals surface area (Å²) in [5.74, 6) is -0.793. The molecule has 1 rings (SSSR count). The van der Waals surface area contributed by atoms with Gasteiger partial charge in [0.25, 0.3) is 0 Å². The van der Waals surface area contributed by atoms with Crippen molar-refractivity contribution in [2.75, 3.05) is 33.3 Å². The van der Waals surface area contributed by atoms with E-state index in [4.69, 9.17) is 4.74 Å². The van der Waals surface area contributed by atoms with E-state index in [0.29, 0.717) is 51.9 Å². The van der Waals surface area contributed by atoms with Gasteiger partial charge in [-0.25, -0.2) is 21.6 Å². The van der Waals surface area contributed by atoms with Crippen molar-refractivity contribution in [3.05, 3.63) is 23.8 Å². The Balaban J connectivity index is 3.70. The number of methoxy groups -OCH3 is 1. The van der Waals surface area contributed by atoms with Crippen LogP contribution in [-0.4, -0.2) is 64.7 Å². The molecule has 172 valence electrons. The molecule has 0 aliphatic rings. The summed E-state index contributed by atoms with van der Waals surface area (Å²) in [7, 11) is -6.79. The van der Waals surface area contributed by atoms with Crippen molar-refractivity contribution in [3.63, 3.8) is 0 Å². The monoisotopic (exact) mass is 462 g/mol. The zero-order valence-electron chi connectivity index (χ0n) is 18.5. The summed E-state index contributed by atoms with van der Waals surface area (Å²) in [4.78, 5) is 11.7. The Kier molecular flexibility index (Phi) is 10.4. The summed E-state index contributed by atoms with van der Waals surface area (Å²) in [6, 6.07) is 3.51. The molecule has 0 saturated heterocycles. The van der Waals surface area contributed by atoms with Crippen LogP contribution in [0.4, 0.5) is 0 Å². The molecule has 1 aromatic rings. The standard InChI is InChI=1S/C20H34N2O6S2/c1-6-10-21(11-7-2)29(24,25)18-14-17(20(23)28-5)15-19(16-18)30(26,27)22(12-8-3)13-9-4/h14-16H,6-13H2,1-5H3. The fourth-order valence-corrected chi connectivity index (χ4v) is 6.57. The molecule has 10 heteroatoms. The second-order valence-corrected chi connectivity index (χ2v) is 10.9. The third-order valence-electron chi connectivity index (χ3n) is 4.47. The maximum absolute atomic E-state index is 13.2. The molecule has 0 atom stereocenters. The number of hydrogen-bond donors (Lipinski definition) is 0. The summed E-state index contributed by atoms with van der Waals surface area (Å²) in [5, 5.41) is 0. The van der Waals surface area contributed by atoms with E-state index >= 15 is 0 Å². The van der Waals surface area contributed by atoms with Gasteiger partial charge in [0.15, 0.2) is 0 Å². The van der Waals surface area contributed by atoms with Gasteiger partial charge in [-0.3, -0.25) is 0 Å². The van der Waals surface area contributed by atoms with Crippen LogP contribution in [-0.2, 0) is 24.8 Å². The first-order chi connectivity index (χ1) is 14.1. The van der Waals surface area contributed by atoms with Gasteiger partial charge in [-0.15, -0.1) is 0 Å². The highest BCUT2D eigenvalue weighted by atomic mass is 32.2. The number of esters is 1. The van der Waals surface area contributed by atoms with Gasteiger partial charge >= 0.3 is 5.97 Å². The lowest BCUT2D eigenvalue weighted by molar-refractivity contribution is 0.0600. The van der Waals surface area contributed by atoms with Gasteiger partial charge in [0, 0.05) is 26.2 Å². The maximum Gasteiger partial charge on any atom is 0.337 e. The average Bonchev–Trinajstić information content (AvgIpc) is 2.72. The first-order valence-corrected chi connectivity index (χ1v) is 13.2. The normalized spacial score (nSPS) is 12.5. The molecule has 0 spiro atoms. The number of carbonyl (C=O) groups is 1. The molecule has 0 heterocycles. The fourth-order valence-electron chi connectivity index (χ4n) is 3.11. The van der Waals surface area contributed by atoms with Crippen molar-refractivity contribution in [1.82, 2.24) is 8.61 Å². The van der Waals surface area contributed by atoms with Crippen molar-refractivity contribution in [2.45, 2.75) is 63.2 Å². The van der Waals surface area contributed by atoms with Gasteiger partial charge in [0.1, 0.15) is 0 Å². The molecule has 0 radical (unpaired) electrons. The van der Waals surface area contributed by atoms with Gasteiger partial charge in [-0.05, 0) is 43.9 Å². The van der Waals surface area contributed by atoms with Crippen molar-refractivity contribution in [1.29, 1.82) is 0 Å². The largest absolute Gasteiger partial charge is 0.465 e. The average molecular weight is 463 g/mol. The Morgan fingerprint density at radius 1 is 0.733 bits per heavy atom. The van der Waals surface area contributed by atoms with E-state index < -0.39 is 26.0 Å². The molecule has 8 nitrogen and oxygen atoms in total. The first kappa shape index (κ1) is 26.5. The van der Waals surface area contributed by atoms with E-state index in [1.54, 1.807) is 0 Å². The molecule has 0 aliphatic heterocycles. The number of nitrogens with zero attached hydrogens (tertiary/aromatic N) is 2. The molecule has 0 saturated carbocycles. The van der Waals surface area contributed by atoms with Crippen LogP contribution in [0.3, 0.4) is 0 Å². The van der Waals surface area contributed by atoms with Crippen LogP contribution in [0.15, 0.2) is 28.0 Å². The number of benzene rings is 1. The van der Waals surface area contributed by atoms with Crippen molar-refractivity contribution in [3.8, 4) is 0 Å². The SMILES string of the molecule is CCCN(CCC)S(=O)(=O)c1cc(C(=O)OC)cc(S(=O)(=O)N(CCC)CCC)c1. The van der Waals surface area contributed by atoms with Gasteiger partial charge < -0.3 is 4.74 Å². The van der Waals surface area contributed by atoms with Crippen molar-refractivity contribution < 1.29 is 26.4 Å². The second-order valence-electron chi connectivity index (χ2n) is 6.99. The third kappa shape index (κ3) is 6.26. The maximum atomic E-state index is 13.2. The summed E-state index contributed by atoms with van der Waals surface area (Å²) < 4.78 is 60.3. The molecule has 0 fully saturated rings. The third-order valence-corrected chi connectivity index (χ3v) is 8.22. The Bertz CT molecular complexity index is 837. The minimum Gasteiger partial charge on any atom is -0.465 e. The molecule has 0 amide bonds. The molecule has 0 bridgehead atoms. The predicted molar refractivity (Wildman–Crippen MR) is 116 cm³/mol. The van der Waals surface area contributed by atoms with Crippen LogP contribution in [0.2, 0.25) is 0 Å². The van der Waals surface area contributed by atoms with Gasteiger partial charge in [-0.1, -0.05) is 27.7 Å². The molecule has 1 aromatic carbocycles. The lowest BCUT2D eigenvalue weighted by atomic mass is 10.2. The zero-order chi connectivity index (χ0) is 22.9. The molecule has 0 aromatic heterocycles. The fraction of sp³-hybridized carbons (Fsp3) is 0.650. The molecule has 0 aliphatic carbocycles. The van der Waals surface area contributed by atoms with E-state index in [1.165, 1.54) is 27.9 Å². The lowest BCUT2D eigenvalue weighted by Crippen LogP contribution is -2.34. The number of rotatable bonds is 13. The lowest BCUT2D eigenvalue weighted by Gasteiger charge is -2.24. The van der Waals surface area contributed by atoms with Crippen molar-refractivity contribution in [2.24, 2.45) is 0 Å². The highest BCUT2D eigenvalue weighted by Gasteiger charge is 2.30. The van der Waals surface area contributed by atoms with Crippen LogP contribution in [0.5, 0.6) is 0 Å². The highest BCUT2D eigenvalue weighted by Crippen LogP contribution is 2.25. The Morgan fingerprint density at radius 3 is 1.33 bits per heavy atom. The van der Waals surface area contributed by atoms with E-state index in [2.05, 4.69) is 0 Å². The van der Waals surface area contributed by atoms with Crippen LogP contribution in [0.25, 0.3) is 0 Å². The second kappa shape index (κ2) is 11.8. The quantitative estimate of drug-likeness (QED) is 0.418. The molecular weight excluding hydrogens is 428 g/mol. The number of sulfonamides is 2. The molecular formula is C20H34N2O6S2. The first-order valence-electron chi connectivity index (χ1n) is 10.3. The van der Waals surface area contributed by atoms with E-state index in [9.17, 15) is 21.6 Å². The van der Waals surface area contributed by atoms with E-state index in [0.717, 1.165) is 6.07 Å². The number of ether oxygens (including phenoxy) is 1. The van der Waals surface area contributed by atoms with Gasteiger partial charge in [0.05, 0.1) is 22.5 Å². The Hall–Kier alpha value is -1.49. The number of hydrogen-bond acceptors (Lipinski definition) is 6. The van der Waals surface area contributed by atoms with Crippen LogP contribution in [0, 0.1) is 0 Å². The van der Waals surface area contributed by atoms with Gasteiger partial charge in [0.2, 0.25) is 20.0 Å². The van der Waals surface area contributed by atoms with Crippen LogP contribution < -0.4 is 0 Å². The topological polar surface area (TPSA) is 101 Å². The smallest absolute Gasteiger partial charge is 0.337 e. The van der Waals surface area contributed by atoms with Crippen LogP contribution >= 0.6 is 0 Å². The summed E-state index contributed by atoms with van der Waals surface area (Å²) in [6.45, 7) is 8.69. The molecule has 30 heavy (non-hydrogen) atoms. The van der Waals surface area contributed by atoms with Gasteiger partial charge in [-0.2, -0.15) is 8.61 Å². The Morgan fingerprint density at radius 2 is 1.07 bits per heavy atom. The minimum atomic E-state index is -3.98. The summed E-state index contributed by atoms with van der Waals surface area (Å²) in [6.07, 6.45) is 2.45.